The lowest BCUT2D eigenvalue weighted by molar-refractivity contribution is 0.101. The summed E-state index contributed by atoms with van der Waals surface area (Å²) in [5.41, 5.74) is 5.79. The minimum absolute atomic E-state index is 0.104. The number of nitrogens with zero attached hydrogens (tertiary/aromatic N) is 2. The fraction of sp³-hybridized carbons (Fsp3) is 0.233. The second-order valence-corrected chi connectivity index (χ2v) is 10.2. The molecule has 2 heterocycles. The minimum Gasteiger partial charge on any atom is -0.351 e. The molecule has 5 rings (SSSR count). The Bertz CT molecular complexity index is 1530. The lowest BCUT2D eigenvalue weighted by Gasteiger charge is -2.19. The van der Waals surface area contributed by atoms with Gasteiger partial charge in [-0.15, -0.1) is 0 Å². The minimum atomic E-state index is -0.311. The number of amides is 1. The van der Waals surface area contributed by atoms with Gasteiger partial charge in [-0.1, -0.05) is 45.0 Å². The van der Waals surface area contributed by atoms with Crippen molar-refractivity contribution < 1.29 is 9.18 Å². The van der Waals surface area contributed by atoms with Gasteiger partial charge in [0, 0.05) is 47.3 Å². The maximum absolute atomic E-state index is 13.9. The van der Waals surface area contributed by atoms with Crippen LogP contribution in [0.1, 0.15) is 42.4 Å². The van der Waals surface area contributed by atoms with Crippen LogP contribution in [0.2, 0.25) is 0 Å². The van der Waals surface area contributed by atoms with Gasteiger partial charge in [-0.25, -0.2) is 4.39 Å². The monoisotopic (exact) mass is 467 g/mol. The molecule has 3 aromatic carbocycles. The summed E-state index contributed by atoms with van der Waals surface area (Å²) in [6, 6.07) is 23.0. The number of rotatable bonds is 5. The summed E-state index contributed by atoms with van der Waals surface area (Å²) in [6.45, 7) is 7.22. The number of aryl methyl sites for hydroxylation is 3. The lowest BCUT2D eigenvalue weighted by atomic mass is 9.86. The van der Waals surface area contributed by atoms with Crippen LogP contribution in [-0.2, 0) is 25.4 Å². The predicted molar refractivity (Wildman–Crippen MR) is 142 cm³/mol. The molecule has 0 fully saturated rings. The number of anilines is 1. The predicted octanol–water partition coefficient (Wildman–Crippen LogP) is 7.06. The van der Waals surface area contributed by atoms with Gasteiger partial charge in [-0.3, -0.25) is 4.79 Å². The van der Waals surface area contributed by atoms with Crippen molar-refractivity contribution in [2.45, 2.75) is 39.2 Å². The molecule has 0 spiro atoms. The zero-order chi connectivity index (χ0) is 24.7. The zero-order valence-electron chi connectivity index (χ0n) is 20.6. The second-order valence-electron chi connectivity index (χ2n) is 10.2. The van der Waals surface area contributed by atoms with Crippen molar-refractivity contribution in [2.24, 2.45) is 7.05 Å². The van der Waals surface area contributed by atoms with E-state index in [1.165, 1.54) is 23.3 Å². The lowest BCUT2D eigenvalue weighted by Crippen LogP contribution is -2.18. The SMILES string of the molecule is Cn1ccc2cc(NC(=O)c3cc4cc(F)ccc4n3CCc3ccc(C(C)(C)C)cc3)ccc21. The zero-order valence-corrected chi connectivity index (χ0v) is 20.6. The Kier molecular flexibility index (Phi) is 5.72. The van der Waals surface area contributed by atoms with Crippen molar-refractivity contribution in [3.8, 4) is 0 Å². The van der Waals surface area contributed by atoms with Gasteiger partial charge >= 0.3 is 0 Å². The Morgan fingerprint density at radius 2 is 1.63 bits per heavy atom. The molecule has 1 N–H and O–H groups in total. The van der Waals surface area contributed by atoms with Crippen LogP contribution in [0, 0.1) is 5.82 Å². The molecule has 0 atom stereocenters. The van der Waals surface area contributed by atoms with Gasteiger partial charge < -0.3 is 14.5 Å². The highest BCUT2D eigenvalue weighted by Gasteiger charge is 2.17. The first kappa shape index (κ1) is 22.9. The van der Waals surface area contributed by atoms with Gasteiger partial charge in [0.2, 0.25) is 0 Å². The summed E-state index contributed by atoms with van der Waals surface area (Å²) in [5, 5.41) is 4.82. The van der Waals surface area contributed by atoms with Crippen LogP contribution in [0.5, 0.6) is 0 Å². The first-order valence-corrected chi connectivity index (χ1v) is 11.9. The van der Waals surface area contributed by atoms with Crippen molar-refractivity contribution in [1.82, 2.24) is 9.13 Å². The average Bonchev–Trinajstić information content (AvgIpc) is 3.37. The van der Waals surface area contributed by atoms with Crippen molar-refractivity contribution in [1.29, 1.82) is 0 Å². The number of carbonyl (C=O) groups excluding carboxylic acids is 1. The Morgan fingerprint density at radius 1 is 0.886 bits per heavy atom. The van der Waals surface area contributed by atoms with E-state index in [4.69, 9.17) is 0 Å². The number of nitrogens with one attached hydrogen (secondary N) is 1. The average molecular weight is 468 g/mol. The van der Waals surface area contributed by atoms with E-state index < -0.39 is 0 Å². The number of fused-ring (bicyclic) bond motifs is 2. The highest BCUT2D eigenvalue weighted by atomic mass is 19.1. The third-order valence-electron chi connectivity index (χ3n) is 6.68. The Balaban J connectivity index is 1.43. The van der Waals surface area contributed by atoms with E-state index in [2.05, 4.69) is 50.4 Å². The number of aromatic nitrogens is 2. The van der Waals surface area contributed by atoms with Crippen LogP contribution in [0.4, 0.5) is 10.1 Å². The molecule has 1 amide bonds. The van der Waals surface area contributed by atoms with Crippen molar-refractivity contribution >= 4 is 33.4 Å². The van der Waals surface area contributed by atoms with Crippen LogP contribution in [-0.4, -0.2) is 15.0 Å². The maximum atomic E-state index is 13.9. The quantitative estimate of drug-likeness (QED) is 0.295. The van der Waals surface area contributed by atoms with Crippen LogP contribution in [0.15, 0.2) is 79.0 Å². The van der Waals surface area contributed by atoms with Gasteiger partial charge in [-0.05, 0) is 71.5 Å². The molecule has 2 aromatic heterocycles. The Labute approximate surface area is 205 Å². The molecule has 0 unspecified atom stereocenters. The summed E-state index contributed by atoms with van der Waals surface area (Å²) in [5.74, 6) is -0.520. The van der Waals surface area contributed by atoms with Crippen LogP contribution < -0.4 is 5.32 Å². The normalized spacial score (nSPS) is 11.9. The molecule has 178 valence electrons. The molecule has 5 aromatic rings. The second kappa shape index (κ2) is 8.73. The largest absolute Gasteiger partial charge is 0.351 e. The Morgan fingerprint density at radius 3 is 2.37 bits per heavy atom. The molecule has 0 aliphatic heterocycles. The fourth-order valence-electron chi connectivity index (χ4n) is 4.64. The fourth-order valence-corrected chi connectivity index (χ4v) is 4.64. The molecular formula is C30H30FN3O. The van der Waals surface area contributed by atoms with Gasteiger partial charge in [0.25, 0.3) is 5.91 Å². The molecule has 0 saturated heterocycles. The van der Waals surface area contributed by atoms with E-state index in [1.54, 1.807) is 12.1 Å². The first-order valence-electron chi connectivity index (χ1n) is 11.9. The van der Waals surface area contributed by atoms with E-state index in [1.807, 2.05) is 46.6 Å². The van der Waals surface area contributed by atoms with Gasteiger partial charge in [-0.2, -0.15) is 0 Å². The molecule has 35 heavy (non-hydrogen) atoms. The smallest absolute Gasteiger partial charge is 0.272 e. The molecule has 4 nitrogen and oxygen atoms in total. The third kappa shape index (κ3) is 4.59. The summed E-state index contributed by atoms with van der Waals surface area (Å²) in [6.07, 6.45) is 2.76. The molecule has 0 aliphatic rings. The van der Waals surface area contributed by atoms with E-state index in [9.17, 15) is 9.18 Å². The highest BCUT2D eigenvalue weighted by molar-refractivity contribution is 6.07. The summed E-state index contributed by atoms with van der Waals surface area (Å²) in [4.78, 5) is 13.4. The van der Waals surface area contributed by atoms with Gasteiger partial charge in [0.1, 0.15) is 11.5 Å². The molecule has 5 heteroatoms. The standard InChI is InChI=1S/C30H30FN3O/c1-30(2,3)23-7-5-20(6-8-23)13-16-34-27-11-9-24(31)17-22(27)19-28(34)29(35)32-25-10-12-26-21(18-25)14-15-33(26)4/h5-12,14-15,17-19H,13,16H2,1-4H3,(H,32,35). The third-order valence-corrected chi connectivity index (χ3v) is 6.68. The van der Waals surface area contributed by atoms with Gasteiger partial charge in [0.05, 0.1) is 0 Å². The topological polar surface area (TPSA) is 39.0 Å². The van der Waals surface area contributed by atoms with Crippen LogP contribution in [0.25, 0.3) is 21.8 Å². The number of benzene rings is 3. The molecule has 0 saturated carbocycles. The first-order chi connectivity index (χ1) is 16.7. The van der Waals surface area contributed by atoms with E-state index in [-0.39, 0.29) is 17.1 Å². The number of hydrogen-bond acceptors (Lipinski definition) is 1. The molecule has 0 radical (unpaired) electrons. The van der Waals surface area contributed by atoms with E-state index in [0.29, 0.717) is 12.2 Å². The highest BCUT2D eigenvalue weighted by Crippen LogP contribution is 2.26. The van der Waals surface area contributed by atoms with E-state index in [0.717, 1.165) is 33.9 Å². The maximum Gasteiger partial charge on any atom is 0.272 e. The number of carbonyl (C=O) groups is 1. The van der Waals surface area contributed by atoms with Crippen LogP contribution >= 0.6 is 0 Å². The molecule has 0 aliphatic carbocycles. The molecule has 0 bridgehead atoms. The number of hydrogen-bond donors (Lipinski definition) is 1. The van der Waals surface area contributed by atoms with Crippen LogP contribution in [0.3, 0.4) is 0 Å². The van der Waals surface area contributed by atoms with Crippen molar-refractivity contribution in [3.63, 3.8) is 0 Å². The van der Waals surface area contributed by atoms with E-state index >= 15 is 0 Å². The number of halogens is 1. The Hall–Kier alpha value is -3.86. The molecular weight excluding hydrogens is 437 g/mol. The van der Waals surface area contributed by atoms with Crippen molar-refractivity contribution in [2.75, 3.05) is 5.32 Å². The summed E-state index contributed by atoms with van der Waals surface area (Å²) in [7, 11) is 1.99. The summed E-state index contributed by atoms with van der Waals surface area (Å²) >= 11 is 0. The van der Waals surface area contributed by atoms with Crippen molar-refractivity contribution in [3.05, 3.63) is 102 Å². The summed E-state index contributed by atoms with van der Waals surface area (Å²) < 4.78 is 18.0. The van der Waals surface area contributed by atoms with Gasteiger partial charge in [0.15, 0.2) is 0 Å².